The number of nitrogens with one attached hydrogen (secondary N) is 1. The molecular weight excluding hydrogens is 322 g/mol. The van der Waals surface area contributed by atoms with Crippen LogP contribution in [-0.4, -0.2) is 42.0 Å². The average molecular weight is 339 g/mol. The van der Waals surface area contributed by atoms with E-state index < -0.39 is 0 Å². The molecular formula is C17H17N5O3. The third kappa shape index (κ3) is 2.65. The van der Waals surface area contributed by atoms with E-state index in [2.05, 4.69) is 15.1 Å². The van der Waals surface area contributed by atoms with Crippen molar-refractivity contribution in [1.82, 2.24) is 24.5 Å². The molecule has 0 aliphatic carbocycles. The molecule has 1 saturated heterocycles. The summed E-state index contributed by atoms with van der Waals surface area (Å²) in [7, 11) is 0. The molecule has 1 atom stereocenters. The van der Waals surface area contributed by atoms with Crippen LogP contribution in [0.15, 0.2) is 35.4 Å². The van der Waals surface area contributed by atoms with Crippen molar-refractivity contribution in [3.8, 4) is 5.75 Å². The van der Waals surface area contributed by atoms with Gasteiger partial charge in [-0.05, 0) is 25.8 Å². The molecule has 4 heterocycles. The summed E-state index contributed by atoms with van der Waals surface area (Å²) in [6.45, 7) is 2.38. The molecule has 3 aromatic heterocycles. The zero-order valence-electron chi connectivity index (χ0n) is 13.6. The number of rotatable bonds is 2. The van der Waals surface area contributed by atoms with Crippen LogP contribution < -0.4 is 5.56 Å². The van der Waals surface area contributed by atoms with Gasteiger partial charge in [0.2, 0.25) is 0 Å². The third-order valence-electron chi connectivity index (χ3n) is 4.44. The van der Waals surface area contributed by atoms with Gasteiger partial charge in [0.05, 0.1) is 23.5 Å². The second kappa shape index (κ2) is 5.73. The first-order chi connectivity index (χ1) is 12.0. The minimum Gasteiger partial charge on any atom is -0.506 e. The maximum Gasteiger partial charge on any atom is 0.272 e. The molecule has 0 aromatic carbocycles. The molecule has 0 radical (unpaired) electrons. The molecule has 0 saturated carbocycles. The monoisotopic (exact) mass is 339 g/mol. The van der Waals surface area contributed by atoms with E-state index in [1.54, 1.807) is 11.8 Å². The van der Waals surface area contributed by atoms with Gasteiger partial charge in [-0.15, -0.1) is 0 Å². The second-order valence-electron chi connectivity index (χ2n) is 6.23. The van der Waals surface area contributed by atoms with Gasteiger partial charge in [0.15, 0.2) is 5.65 Å². The zero-order valence-corrected chi connectivity index (χ0v) is 13.6. The van der Waals surface area contributed by atoms with Gasteiger partial charge in [-0.2, -0.15) is 0 Å². The molecule has 1 amide bonds. The van der Waals surface area contributed by atoms with Crippen molar-refractivity contribution in [3.63, 3.8) is 0 Å². The number of carbonyl (C=O) groups is 1. The lowest BCUT2D eigenvalue weighted by molar-refractivity contribution is 0.0732. The van der Waals surface area contributed by atoms with Gasteiger partial charge in [-0.25, -0.2) is 9.50 Å². The van der Waals surface area contributed by atoms with Crippen molar-refractivity contribution >= 4 is 11.6 Å². The average Bonchev–Trinajstić information content (AvgIpc) is 3.20. The van der Waals surface area contributed by atoms with Gasteiger partial charge in [0.1, 0.15) is 5.75 Å². The van der Waals surface area contributed by atoms with Gasteiger partial charge in [0, 0.05) is 30.6 Å². The highest BCUT2D eigenvalue weighted by Gasteiger charge is 2.32. The van der Waals surface area contributed by atoms with E-state index in [0.717, 1.165) is 18.5 Å². The summed E-state index contributed by atoms with van der Waals surface area (Å²) in [6, 6.07) is 4.51. The number of carbonyl (C=O) groups excluding carboxylic acids is 1. The molecule has 1 aliphatic heterocycles. The van der Waals surface area contributed by atoms with Gasteiger partial charge in [-0.3, -0.25) is 19.7 Å². The Bertz CT molecular complexity index is 1020. The molecule has 1 fully saturated rings. The second-order valence-corrected chi connectivity index (χ2v) is 6.23. The summed E-state index contributed by atoms with van der Waals surface area (Å²) < 4.78 is 1.39. The minimum absolute atomic E-state index is 0.0431. The van der Waals surface area contributed by atoms with E-state index >= 15 is 0 Å². The molecule has 1 aliphatic rings. The maximum atomic E-state index is 12.8. The van der Waals surface area contributed by atoms with Crippen LogP contribution in [0, 0.1) is 6.92 Å². The Morgan fingerprint density at radius 2 is 2.16 bits per heavy atom. The summed E-state index contributed by atoms with van der Waals surface area (Å²) in [5, 5.41) is 12.6. The SMILES string of the molecule is Cc1cc(=O)n2[nH]c([C@H]3CCCN3C(=O)c3cncc(O)c3)cc2n1. The highest BCUT2D eigenvalue weighted by Crippen LogP contribution is 2.32. The molecule has 0 bridgehead atoms. The Morgan fingerprint density at radius 1 is 1.32 bits per heavy atom. The minimum atomic E-state index is -0.193. The lowest BCUT2D eigenvalue weighted by Gasteiger charge is -2.23. The highest BCUT2D eigenvalue weighted by molar-refractivity contribution is 5.94. The van der Waals surface area contributed by atoms with Gasteiger partial charge < -0.3 is 10.0 Å². The predicted molar refractivity (Wildman–Crippen MR) is 89.5 cm³/mol. The molecule has 8 heteroatoms. The number of aryl methyl sites for hydroxylation is 1. The summed E-state index contributed by atoms with van der Waals surface area (Å²) in [5.74, 6) is -0.237. The number of amides is 1. The summed E-state index contributed by atoms with van der Waals surface area (Å²) in [4.78, 5) is 34.8. The molecule has 128 valence electrons. The van der Waals surface area contributed by atoms with Crippen molar-refractivity contribution in [3.05, 3.63) is 57.9 Å². The molecule has 4 rings (SSSR count). The molecule has 0 unspecified atom stereocenters. The fourth-order valence-electron chi connectivity index (χ4n) is 3.34. The fraction of sp³-hybridized carbons (Fsp3) is 0.294. The van der Waals surface area contributed by atoms with Crippen molar-refractivity contribution in [1.29, 1.82) is 0 Å². The first kappa shape index (κ1) is 15.4. The first-order valence-electron chi connectivity index (χ1n) is 8.07. The van der Waals surface area contributed by atoms with E-state index in [1.807, 2.05) is 6.07 Å². The van der Waals surface area contributed by atoms with Crippen LogP contribution in [0.1, 0.15) is 40.6 Å². The Balaban J connectivity index is 1.71. The van der Waals surface area contributed by atoms with Crippen LogP contribution >= 0.6 is 0 Å². The zero-order chi connectivity index (χ0) is 17.6. The molecule has 8 nitrogen and oxygen atoms in total. The molecule has 3 aromatic rings. The standard InChI is InChI=1S/C17H17N5O3/c1-10-5-16(24)22-15(19-10)7-13(20-22)14-3-2-4-21(14)17(25)11-6-12(23)9-18-8-11/h5-9,14,20,23H,2-4H2,1H3/t14-/m1/s1. The van der Waals surface area contributed by atoms with Crippen LogP contribution in [0.25, 0.3) is 5.65 Å². The van der Waals surface area contributed by atoms with Crippen LogP contribution in [0.5, 0.6) is 5.75 Å². The predicted octanol–water partition coefficient (Wildman–Crippen LogP) is 1.41. The van der Waals surface area contributed by atoms with E-state index in [-0.39, 0.29) is 23.3 Å². The maximum absolute atomic E-state index is 12.8. The normalized spacial score (nSPS) is 17.3. The quantitative estimate of drug-likeness (QED) is 0.735. The number of aromatic nitrogens is 4. The Hall–Kier alpha value is -3.16. The number of fused-ring (bicyclic) bond motifs is 1. The number of hydrogen-bond donors (Lipinski definition) is 2. The fourth-order valence-corrected chi connectivity index (χ4v) is 3.34. The number of nitrogens with zero attached hydrogens (tertiary/aromatic N) is 4. The number of aromatic hydroxyl groups is 1. The lowest BCUT2D eigenvalue weighted by Crippen LogP contribution is -2.31. The lowest BCUT2D eigenvalue weighted by atomic mass is 10.1. The van der Waals surface area contributed by atoms with E-state index in [4.69, 9.17) is 0 Å². The van der Waals surface area contributed by atoms with Crippen molar-refractivity contribution in [2.75, 3.05) is 6.54 Å². The summed E-state index contributed by atoms with van der Waals surface area (Å²) >= 11 is 0. The van der Waals surface area contributed by atoms with Crippen LogP contribution in [0.4, 0.5) is 0 Å². The molecule has 25 heavy (non-hydrogen) atoms. The number of H-pyrrole nitrogens is 1. The highest BCUT2D eigenvalue weighted by atomic mass is 16.3. The first-order valence-corrected chi connectivity index (χ1v) is 8.07. The van der Waals surface area contributed by atoms with Crippen molar-refractivity contribution in [2.45, 2.75) is 25.8 Å². The van der Waals surface area contributed by atoms with Crippen molar-refractivity contribution in [2.24, 2.45) is 0 Å². The van der Waals surface area contributed by atoms with E-state index in [0.29, 0.717) is 23.4 Å². The summed E-state index contributed by atoms with van der Waals surface area (Å²) in [6.07, 6.45) is 4.38. The number of likely N-dealkylation sites (tertiary alicyclic amines) is 1. The topological polar surface area (TPSA) is 104 Å². The van der Waals surface area contributed by atoms with Gasteiger partial charge >= 0.3 is 0 Å². The number of hydrogen-bond acceptors (Lipinski definition) is 5. The Morgan fingerprint density at radius 3 is 2.96 bits per heavy atom. The smallest absolute Gasteiger partial charge is 0.272 e. The van der Waals surface area contributed by atoms with Crippen LogP contribution in [0.3, 0.4) is 0 Å². The largest absolute Gasteiger partial charge is 0.506 e. The number of pyridine rings is 1. The van der Waals surface area contributed by atoms with Crippen LogP contribution in [-0.2, 0) is 0 Å². The van der Waals surface area contributed by atoms with Gasteiger partial charge in [0.25, 0.3) is 11.5 Å². The summed E-state index contributed by atoms with van der Waals surface area (Å²) in [5.41, 5.74) is 2.13. The molecule has 2 N–H and O–H groups in total. The van der Waals surface area contributed by atoms with Gasteiger partial charge in [-0.1, -0.05) is 0 Å². The van der Waals surface area contributed by atoms with Crippen molar-refractivity contribution < 1.29 is 9.90 Å². The number of aromatic amines is 1. The Labute approximate surface area is 142 Å². The Kier molecular flexibility index (Phi) is 3.52. The van der Waals surface area contributed by atoms with E-state index in [9.17, 15) is 14.7 Å². The van der Waals surface area contributed by atoms with E-state index in [1.165, 1.54) is 29.0 Å². The third-order valence-corrected chi connectivity index (χ3v) is 4.44. The molecule has 0 spiro atoms. The van der Waals surface area contributed by atoms with Crippen LogP contribution in [0.2, 0.25) is 0 Å².